The van der Waals surface area contributed by atoms with E-state index in [2.05, 4.69) is 5.32 Å². The van der Waals surface area contributed by atoms with Crippen molar-refractivity contribution < 1.29 is 18.8 Å². The third-order valence-corrected chi connectivity index (χ3v) is 4.66. The van der Waals surface area contributed by atoms with Crippen molar-refractivity contribution in [1.29, 1.82) is 0 Å². The fourth-order valence-corrected chi connectivity index (χ4v) is 2.61. The maximum atomic E-state index is 12.2. The third kappa shape index (κ3) is 3.93. The molecule has 5 nitrogen and oxygen atoms in total. The molecule has 0 radical (unpaired) electrons. The molecule has 0 unspecified atom stereocenters. The average molecular weight is 333 g/mol. The number of amides is 1. The summed E-state index contributed by atoms with van der Waals surface area (Å²) in [5.74, 6) is 0.679. The molecule has 0 aromatic heterocycles. The van der Waals surface area contributed by atoms with Crippen LogP contribution >= 0.6 is 0 Å². The van der Waals surface area contributed by atoms with Crippen LogP contribution in [0.3, 0.4) is 0 Å². The number of rotatable bonds is 5. The fourth-order valence-electron chi connectivity index (χ4n) is 2.61. The summed E-state index contributed by atoms with van der Waals surface area (Å²) in [6.07, 6.45) is 0.259. The summed E-state index contributed by atoms with van der Waals surface area (Å²) in [6.45, 7) is 11.9. The van der Waals surface area contributed by atoms with Gasteiger partial charge in [0, 0.05) is 6.04 Å². The highest BCUT2D eigenvalue weighted by Gasteiger charge is 2.52. The quantitative estimate of drug-likeness (QED) is 0.838. The second-order valence-corrected chi connectivity index (χ2v) is 7.55. The zero-order valence-electron chi connectivity index (χ0n) is 15.7. The first-order valence-corrected chi connectivity index (χ1v) is 8.37. The van der Waals surface area contributed by atoms with Crippen LogP contribution in [0.25, 0.3) is 0 Å². The Balaban J connectivity index is 2.31. The first-order chi connectivity index (χ1) is 11.1. The molecule has 1 aromatic carbocycles. The Morgan fingerprint density at radius 1 is 1.21 bits per heavy atom. The average Bonchev–Trinajstić information content (AvgIpc) is 2.66. The Morgan fingerprint density at radius 2 is 1.79 bits per heavy atom. The molecular weight excluding hydrogens is 305 g/mol. The summed E-state index contributed by atoms with van der Waals surface area (Å²) in [6, 6.07) is 5.76. The minimum absolute atomic E-state index is 0.0315. The molecule has 6 heteroatoms. The molecule has 1 N–H and O–H groups in total. The number of methoxy groups -OCH3 is 1. The van der Waals surface area contributed by atoms with Gasteiger partial charge in [0.1, 0.15) is 5.75 Å². The number of hydrogen-bond donors (Lipinski definition) is 1. The van der Waals surface area contributed by atoms with E-state index in [0.29, 0.717) is 5.75 Å². The van der Waals surface area contributed by atoms with Crippen LogP contribution in [0, 0.1) is 0 Å². The molecule has 0 spiro atoms. The van der Waals surface area contributed by atoms with Gasteiger partial charge in [0.2, 0.25) is 5.91 Å². The van der Waals surface area contributed by atoms with Crippen molar-refractivity contribution in [3.05, 3.63) is 23.8 Å². The van der Waals surface area contributed by atoms with Gasteiger partial charge in [-0.3, -0.25) is 4.79 Å². The lowest BCUT2D eigenvalue weighted by atomic mass is 9.75. The lowest BCUT2D eigenvalue weighted by Crippen LogP contribution is -2.41. The second kappa shape index (κ2) is 6.77. The van der Waals surface area contributed by atoms with E-state index in [0.717, 1.165) is 11.0 Å². The van der Waals surface area contributed by atoms with Crippen LogP contribution in [-0.2, 0) is 20.5 Å². The first-order valence-electron chi connectivity index (χ1n) is 8.37. The zero-order chi connectivity index (χ0) is 18.1. The molecule has 0 aliphatic carbocycles. The van der Waals surface area contributed by atoms with Gasteiger partial charge in [0.05, 0.1) is 24.7 Å². The van der Waals surface area contributed by atoms with Crippen molar-refractivity contribution >= 4 is 18.5 Å². The molecule has 1 aliphatic rings. The predicted molar refractivity (Wildman–Crippen MR) is 95.7 cm³/mol. The smallest absolute Gasteiger partial charge is 0.495 e. The molecule has 132 valence electrons. The molecule has 1 aliphatic heterocycles. The maximum absolute atomic E-state index is 12.2. The number of nitrogens with one attached hydrogen (secondary N) is 1. The molecule has 0 atom stereocenters. The largest absolute Gasteiger partial charge is 0.497 e. The van der Waals surface area contributed by atoms with Crippen molar-refractivity contribution in [2.75, 3.05) is 7.11 Å². The highest BCUT2D eigenvalue weighted by Crippen LogP contribution is 2.36. The number of carbonyl (C=O) groups is 1. The van der Waals surface area contributed by atoms with Gasteiger partial charge in [-0.25, -0.2) is 0 Å². The van der Waals surface area contributed by atoms with Crippen LogP contribution in [0.5, 0.6) is 5.75 Å². The van der Waals surface area contributed by atoms with Gasteiger partial charge in [-0.15, -0.1) is 0 Å². The van der Waals surface area contributed by atoms with E-state index in [1.807, 2.05) is 59.7 Å². The van der Waals surface area contributed by atoms with Crippen LogP contribution < -0.4 is 15.5 Å². The van der Waals surface area contributed by atoms with E-state index in [-0.39, 0.29) is 18.4 Å². The van der Waals surface area contributed by atoms with Gasteiger partial charge in [-0.05, 0) is 64.7 Å². The summed E-state index contributed by atoms with van der Waals surface area (Å²) < 4.78 is 17.6. The third-order valence-electron chi connectivity index (χ3n) is 4.66. The lowest BCUT2D eigenvalue weighted by molar-refractivity contribution is -0.120. The predicted octanol–water partition coefficient (Wildman–Crippen LogP) is 2.06. The minimum Gasteiger partial charge on any atom is -0.497 e. The van der Waals surface area contributed by atoms with E-state index in [9.17, 15) is 4.79 Å². The number of hydrogen-bond acceptors (Lipinski definition) is 4. The molecule has 1 fully saturated rings. The maximum Gasteiger partial charge on any atom is 0.495 e. The van der Waals surface area contributed by atoms with Gasteiger partial charge in [0.25, 0.3) is 0 Å². The summed E-state index contributed by atoms with van der Waals surface area (Å²) in [4.78, 5) is 12.2. The molecule has 2 rings (SSSR count). The second-order valence-electron chi connectivity index (χ2n) is 7.55. The first kappa shape index (κ1) is 18.8. The Hall–Kier alpha value is -1.53. The minimum atomic E-state index is -0.497. The molecule has 1 saturated heterocycles. The van der Waals surface area contributed by atoms with Gasteiger partial charge < -0.3 is 19.4 Å². The SMILES string of the molecule is COc1ccc(B2OC(C)(C)C(C)(C)O2)c(CC(=O)NC(C)C)c1. The van der Waals surface area contributed by atoms with Crippen LogP contribution in [0.2, 0.25) is 0 Å². The van der Waals surface area contributed by atoms with Crippen molar-refractivity contribution in [2.24, 2.45) is 0 Å². The van der Waals surface area contributed by atoms with E-state index in [1.165, 1.54) is 0 Å². The number of benzene rings is 1. The Labute approximate surface area is 145 Å². The van der Waals surface area contributed by atoms with Crippen molar-refractivity contribution in [2.45, 2.75) is 65.2 Å². The van der Waals surface area contributed by atoms with Gasteiger partial charge >= 0.3 is 7.12 Å². The standard InChI is InChI=1S/C18H28BNO4/c1-12(2)20-16(21)11-13-10-14(22-7)8-9-15(13)19-23-17(3,4)18(5,6)24-19/h8-10,12H,11H2,1-7H3,(H,20,21). The van der Waals surface area contributed by atoms with E-state index in [1.54, 1.807) is 7.11 Å². The highest BCUT2D eigenvalue weighted by molar-refractivity contribution is 6.62. The van der Waals surface area contributed by atoms with Crippen LogP contribution in [-0.4, -0.2) is 37.4 Å². The van der Waals surface area contributed by atoms with E-state index >= 15 is 0 Å². The van der Waals surface area contributed by atoms with Crippen LogP contribution in [0.4, 0.5) is 0 Å². The molecule has 0 saturated carbocycles. The summed E-state index contributed by atoms with van der Waals surface area (Å²) in [5, 5.41) is 2.92. The van der Waals surface area contributed by atoms with Gasteiger partial charge in [0.15, 0.2) is 0 Å². The summed E-state index contributed by atoms with van der Waals surface area (Å²) in [5.41, 5.74) is 0.878. The number of ether oxygens (including phenoxy) is 1. The van der Waals surface area contributed by atoms with Gasteiger partial charge in [-0.1, -0.05) is 6.07 Å². The van der Waals surface area contributed by atoms with E-state index in [4.69, 9.17) is 14.0 Å². The van der Waals surface area contributed by atoms with Crippen molar-refractivity contribution in [1.82, 2.24) is 5.32 Å². The normalized spacial score (nSPS) is 18.8. The van der Waals surface area contributed by atoms with Gasteiger partial charge in [-0.2, -0.15) is 0 Å². The molecular formula is C18H28BNO4. The Kier molecular flexibility index (Phi) is 5.30. The van der Waals surface area contributed by atoms with Crippen LogP contribution in [0.1, 0.15) is 47.1 Å². The zero-order valence-corrected chi connectivity index (χ0v) is 15.7. The monoisotopic (exact) mass is 333 g/mol. The molecule has 0 bridgehead atoms. The fraction of sp³-hybridized carbons (Fsp3) is 0.611. The summed E-state index contributed by atoms with van der Waals surface area (Å²) >= 11 is 0. The lowest BCUT2D eigenvalue weighted by Gasteiger charge is -2.32. The molecule has 1 amide bonds. The molecule has 1 heterocycles. The van der Waals surface area contributed by atoms with Crippen molar-refractivity contribution in [3.8, 4) is 5.75 Å². The van der Waals surface area contributed by atoms with Crippen LogP contribution in [0.15, 0.2) is 18.2 Å². The Morgan fingerprint density at radius 3 is 2.29 bits per heavy atom. The number of carbonyl (C=O) groups excluding carboxylic acids is 1. The highest BCUT2D eigenvalue weighted by atomic mass is 16.7. The van der Waals surface area contributed by atoms with Crippen molar-refractivity contribution in [3.63, 3.8) is 0 Å². The Bertz CT molecular complexity index is 597. The summed E-state index contributed by atoms with van der Waals surface area (Å²) in [7, 11) is 1.12. The van der Waals surface area contributed by atoms with E-state index < -0.39 is 18.3 Å². The topological polar surface area (TPSA) is 56.8 Å². The molecule has 24 heavy (non-hydrogen) atoms. The molecule has 1 aromatic rings.